The highest BCUT2D eigenvalue weighted by Crippen LogP contribution is 2.39. The summed E-state index contributed by atoms with van der Waals surface area (Å²) < 4.78 is 10.8. The Balaban J connectivity index is 1.42. The number of ether oxygens (including phenoxy) is 1. The minimum Gasteiger partial charge on any atom is -0.494 e. The van der Waals surface area contributed by atoms with Crippen LogP contribution in [0.5, 0.6) is 5.75 Å². The van der Waals surface area contributed by atoms with Crippen LogP contribution < -0.4 is 10.1 Å². The highest BCUT2D eigenvalue weighted by Gasteiger charge is 2.33. The minimum atomic E-state index is -0.187. The van der Waals surface area contributed by atoms with Gasteiger partial charge in [-0.2, -0.15) is 0 Å². The average Bonchev–Trinajstić information content (AvgIpc) is 3.40. The van der Waals surface area contributed by atoms with Gasteiger partial charge in [-0.3, -0.25) is 9.59 Å². The lowest BCUT2D eigenvalue weighted by Crippen LogP contribution is -2.27. The molecule has 0 bridgehead atoms. The molecule has 1 aromatic heterocycles. The molecular weight excluding hydrogens is 400 g/mol. The summed E-state index contributed by atoms with van der Waals surface area (Å²) >= 11 is 1.58. The van der Waals surface area contributed by atoms with Gasteiger partial charge in [0.15, 0.2) is 0 Å². The van der Waals surface area contributed by atoms with Crippen molar-refractivity contribution in [3.8, 4) is 5.75 Å². The monoisotopic (exact) mass is 422 g/mol. The maximum atomic E-state index is 12.6. The number of carbonyl (C=O) groups is 2. The van der Waals surface area contributed by atoms with Crippen LogP contribution in [0.2, 0.25) is 0 Å². The van der Waals surface area contributed by atoms with E-state index in [9.17, 15) is 9.59 Å². The predicted octanol–water partition coefficient (Wildman–Crippen LogP) is 4.70. The summed E-state index contributed by atoms with van der Waals surface area (Å²) in [6.45, 7) is 2.96. The van der Waals surface area contributed by atoms with Crippen molar-refractivity contribution in [2.75, 3.05) is 17.7 Å². The topological polar surface area (TPSA) is 71.8 Å². The van der Waals surface area contributed by atoms with E-state index >= 15 is 0 Å². The summed E-state index contributed by atoms with van der Waals surface area (Å²) in [6, 6.07) is 18.3. The van der Waals surface area contributed by atoms with Gasteiger partial charge < -0.3 is 19.4 Å². The average molecular weight is 423 g/mol. The number of rotatable bonds is 7. The van der Waals surface area contributed by atoms with Gasteiger partial charge in [0.2, 0.25) is 5.91 Å². The molecule has 1 aliphatic heterocycles. The highest BCUT2D eigenvalue weighted by atomic mass is 32.2. The SMILES string of the molecule is CCOc1ccc(NC(=O)c2ccc(C3SCC(=O)N3Cc3ccco3)cc2)cc1. The molecule has 30 heavy (non-hydrogen) atoms. The molecule has 1 N–H and O–H groups in total. The summed E-state index contributed by atoms with van der Waals surface area (Å²) in [5.41, 5.74) is 2.24. The molecule has 1 atom stereocenters. The molecule has 1 aliphatic rings. The molecule has 4 rings (SSSR count). The van der Waals surface area contributed by atoms with Gasteiger partial charge in [0, 0.05) is 11.3 Å². The van der Waals surface area contributed by atoms with Crippen LogP contribution in [0.25, 0.3) is 0 Å². The number of nitrogens with zero attached hydrogens (tertiary/aromatic N) is 1. The summed E-state index contributed by atoms with van der Waals surface area (Å²) in [6.07, 6.45) is 1.61. The van der Waals surface area contributed by atoms with E-state index < -0.39 is 0 Å². The van der Waals surface area contributed by atoms with Crippen molar-refractivity contribution in [3.05, 3.63) is 83.8 Å². The van der Waals surface area contributed by atoms with Gasteiger partial charge >= 0.3 is 0 Å². The molecule has 2 amide bonds. The Morgan fingerprint density at radius 3 is 2.60 bits per heavy atom. The van der Waals surface area contributed by atoms with E-state index in [4.69, 9.17) is 9.15 Å². The number of nitrogens with one attached hydrogen (secondary N) is 1. The van der Waals surface area contributed by atoms with Crippen molar-refractivity contribution >= 4 is 29.3 Å². The fourth-order valence-electron chi connectivity index (χ4n) is 3.28. The van der Waals surface area contributed by atoms with Crippen LogP contribution in [-0.4, -0.2) is 29.1 Å². The largest absolute Gasteiger partial charge is 0.494 e. The highest BCUT2D eigenvalue weighted by molar-refractivity contribution is 8.00. The van der Waals surface area contributed by atoms with E-state index in [0.717, 1.165) is 17.1 Å². The number of amides is 2. The Bertz CT molecular complexity index is 1000. The van der Waals surface area contributed by atoms with Gasteiger partial charge in [-0.05, 0) is 61.0 Å². The maximum Gasteiger partial charge on any atom is 0.255 e. The van der Waals surface area contributed by atoms with Crippen LogP contribution >= 0.6 is 11.8 Å². The van der Waals surface area contributed by atoms with Crippen LogP contribution in [0.3, 0.4) is 0 Å². The minimum absolute atomic E-state index is 0.0821. The summed E-state index contributed by atoms with van der Waals surface area (Å²) in [5, 5.41) is 2.79. The van der Waals surface area contributed by atoms with Crippen LogP contribution in [0, 0.1) is 0 Å². The molecule has 154 valence electrons. The Hall–Kier alpha value is -3.19. The van der Waals surface area contributed by atoms with Crippen LogP contribution in [0.1, 0.15) is 34.0 Å². The van der Waals surface area contributed by atoms with Crippen molar-refractivity contribution in [2.45, 2.75) is 18.8 Å². The fourth-order valence-corrected chi connectivity index (χ4v) is 4.46. The normalized spacial score (nSPS) is 16.0. The molecule has 2 aromatic carbocycles. The molecule has 0 aliphatic carbocycles. The van der Waals surface area contributed by atoms with Crippen molar-refractivity contribution < 1.29 is 18.7 Å². The third-order valence-electron chi connectivity index (χ3n) is 4.76. The van der Waals surface area contributed by atoms with Crippen LogP contribution in [0.4, 0.5) is 5.69 Å². The lowest BCUT2D eigenvalue weighted by Gasteiger charge is -2.23. The molecule has 1 fully saturated rings. The molecule has 0 radical (unpaired) electrons. The van der Waals surface area contributed by atoms with Crippen molar-refractivity contribution in [1.82, 2.24) is 4.90 Å². The third kappa shape index (κ3) is 4.52. The zero-order chi connectivity index (χ0) is 20.9. The van der Waals surface area contributed by atoms with E-state index in [2.05, 4.69) is 5.32 Å². The molecule has 6 nitrogen and oxygen atoms in total. The van der Waals surface area contributed by atoms with Gasteiger partial charge in [0.1, 0.15) is 16.9 Å². The molecule has 2 heterocycles. The predicted molar refractivity (Wildman–Crippen MR) is 116 cm³/mol. The second-order valence-electron chi connectivity index (χ2n) is 6.80. The van der Waals surface area contributed by atoms with Gasteiger partial charge in [-0.1, -0.05) is 12.1 Å². The molecule has 1 unspecified atom stereocenters. The van der Waals surface area contributed by atoms with Crippen molar-refractivity contribution in [3.63, 3.8) is 0 Å². The molecule has 0 saturated carbocycles. The first-order valence-electron chi connectivity index (χ1n) is 9.71. The second kappa shape index (κ2) is 9.09. The smallest absolute Gasteiger partial charge is 0.255 e. The van der Waals surface area contributed by atoms with Gasteiger partial charge in [0.25, 0.3) is 5.91 Å². The number of thioether (sulfide) groups is 1. The van der Waals surface area contributed by atoms with Crippen LogP contribution in [0.15, 0.2) is 71.3 Å². The van der Waals surface area contributed by atoms with Gasteiger partial charge in [0.05, 0.1) is 25.2 Å². The first-order valence-corrected chi connectivity index (χ1v) is 10.8. The number of furan rings is 1. The molecular formula is C23H22N2O4S. The third-order valence-corrected chi connectivity index (χ3v) is 6.01. The number of benzene rings is 2. The number of anilines is 1. The Kier molecular flexibility index (Phi) is 6.09. The Morgan fingerprint density at radius 1 is 1.17 bits per heavy atom. The zero-order valence-corrected chi connectivity index (χ0v) is 17.4. The summed E-state index contributed by atoms with van der Waals surface area (Å²) in [7, 11) is 0. The van der Waals surface area contributed by atoms with E-state index in [-0.39, 0.29) is 17.2 Å². The molecule has 0 spiro atoms. The fraction of sp³-hybridized carbons (Fsp3) is 0.217. The van der Waals surface area contributed by atoms with E-state index in [1.54, 1.807) is 35.1 Å². The van der Waals surface area contributed by atoms with Gasteiger partial charge in [-0.15, -0.1) is 11.8 Å². The number of carbonyl (C=O) groups excluding carboxylic acids is 2. The zero-order valence-electron chi connectivity index (χ0n) is 16.5. The standard InChI is InChI=1S/C23H22N2O4S/c1-2-28-19-11-9-18(10-12-19)24-22(27)16-5-7-17(8-6-16)23-25(21(26)15-30-23)14-20-4-3-13-29-20/h3-13,23H,2,14-15H2,1H3,(H,24,27). The Morgan fingerprint density at radius 2 is 1.93 bits per heavy atom. The van der Waals surface area contributed by atoms with Gasteiger partial charge in [-0.25, -0.2) is 0 Å². The number of hydrogen-bond acceptors (Lipinski definition) is 5. The summed E-state index contributed by atoms with van der Waals surface area (Å²) in [4.78, 5) is 26.7. The molecule has 1 saturated heterocycles. The van der Waals surface area contributed by atoms with E-state index in [1.165, 1.54) is 0 Å². The first-order chi connectivity index (χ1) is 14.6. The lowest BCUT2D eigenvalue weighted by atomic mass is 10.1. The molecule has 3 aromatic rings. The van der Waals surface area contributed by atoms with E-state index in [0.29, 0.717) is 30.2 Å². The number of hydrogen-bond donors (Lipinski definition) is 1. The lowest BCUT2D eigenvalue weighted by molar-refractivity contribution is -0.128. The summed E-state index contributed by atoms with van der Waals surface area (Å²) in [5.74, 6) is 1.85. The Labute approximate surface area is 179 Å². The molecule has 7 heteroatoms. The second-order valence-corrected chi connectivity index (χ2v) is 7.87. The first kappa shape index (κ1) is 20.1. The van der Waals surface area contributed by atoms with E-state index in [1.807, 2.05) is 55.5 Å². The van der Waals surface area contributed by atoms with Crippen molar-refractivity contribution in [1.29, 1.82) is 0 Å². The van der Waals surface area contributed by atoms with Crippen molar-refractivity contribution in [2.24, 2.45) is 0 Å². The quantitative estimate of drug-likeness (QED) is 0.597. The maximum absolute atomic E-state index is 12.6. The van der Waals surface area contributed by atoms with Crippen LogP contribution in [-0.2, 0) is 11.3 Å².